The molecule has 2 unspecified atom stereocenters. The molecule has 0 aromatic heterocycles. The number of hydrogen-bond acceptors (Lipinski definition) is 4. The number of hydrogen-bond donors (Lipinski definition) is 2. The van der Waals surface area contributed by atoms with Crippen molar-refractivity contribution < 1.29 is 19.1 Å². The number of aryl methyl sites for hydroxylation is 2. The molecule has 2 atom stereocenters. The molecule has 0 bridgehead atoms. The standard InChI is InChI=1S/C21H24N2O4/c1-12-5-7-17(13(2)9-12)22-20(24)15-11-16(15)21(25)23-18-8-6-14(26-3)10-19(18)27-4/h5-10,15-16H,11H2,1-4H3,(H,22,24)(H,23,25). The van der Waals surface area contributed by atoms with Crippen molar-refractivity contribution in [3.63, 3.8) is 0 Å². The fourth-order valence-corrected chi connectivity index (χ4v) is 3.08. The van der Waals surface area contributed by atoms with Crippen molar-refractivity contribution in [1.82, 2.24) is 0 Å². The number of methoxy groups -OCH3 is 2. The summed E-state index contributed by atoms with van der Waals surface area (Å²) >= 11 is 0. The van der Waals surface area contributed by atoms with Gasteiger partial charge in [-0.25, -0.2) is 0 Å². The Balaban J connectivity index is 1.61. The summed E-state index contributed by atoms with van der Waals surface area (Å²) in [5.41, 5.74) is 3.49. The maximum absolute atomic E-state index is 12.5. The zero-order valence-corrected chi connectivity index (χ0v) is 16.0. The molecule has 3 rings (SSSR count). The molecule has 27 heavy (non-hydrogen) atoms. The van der Waals surface area contributed by atoms with Gasteiger partial charge >= 0.3 is 0 Å². The lowest BCUT2D eigenvalue weighted by Crippen LogP contribution is -2.21. The van der Waals surface area contributed by atoms with Crippen molar-refractivity contribution in [3.05, 3.63) is 47.5 Å². The number of rotatable bonds is 6. The molecule has 1 saturated carbocycles. The van der Waals surface area contributed by atoms with E-state index in [4.69, 9.17) is 9.47 Å². The third kappa shape index (κ3) is 4.22. The van der Waals surface area contributed by atoms with Gasteiger partial charge in [-0.15, -0.1) is 0 Å². The molecule has 6 nitrogen and oxygen atoms in total. The SMILES string of the molecule is COc1ccc(NC(=O)C2CC2C(=O)Nc2ccc(C)cc2C)c(OC)c1. The van der Waals surface area contributed by atoms with E-state index in [1.54, 1.807) is 25.3 Å². The van der Waals surface area contributed by atoms with Crippen LogP contribution in [0.15, 0.2) is 36.4 Å². The molecular weight excluding hydrogens is 344 g/mol. The zero-order chi connectivity index (χ0) is 19.6. The smallest absolute Gasteiger partial charge is 0.228 e. The Morgan fingerprint density at radius 3 is 2.11 bits per heavy atom. The lowest BCUT2D eigenvalue weighted by Gasteiger charge is -2.12. The summed E-state index contributed by atoms with van der Waals surface area (Å²) in [4.78, 5) is 25.0. The topological polar surface area (TPSA) is 76.7 Å². The second-order valence-corrected chi connectivity index (χ2v) is 6.81. The quantitative estimate of drug-likeness (QED) is 0.818. The van der Waals surface area contributed by atoms with Gasteiger partial charge in [0.2, 0.25) is 11.8 Å². The molecule has 142 valence electrons. The third-order valence-corrected chi connectivity index (χ3v) is 4.77. The highest BCUT2D eigenvalue weighted by Crippen LogP contribution is 2.41. The first-order valence-electron chi connectivity index (χ1n) is 8.84. The molecule has 2 aromatic carbocycles. The van der Waals surface area contributed by atoms with Crippen LogP contribution in [-0.4, -0.2) is 26.0 Å². The van der Waals surface area contributed by atoms with Gasteiger partial charge in [-0.1, -0.05) is 17.7 Å². The van der Waals surface area contributed by atoms with Gasteiger partial charge in [0.05, 0.1) is 31.7 Å². The zero-order valence-electron chi connectivity index (χ0n) is 16.0. The fraction of sp³-hybridized carbons (Fsp3) is 0.333. The number of carbonyl (C=O) groups excluding carboxylic acids is 2. The molecule has 0 spiro atoms. The Morgan fingerprint density at radius 2 is 1.52 bits per heavy atom. The molecule has 1 aliphatic rings. The van der Waals surface area contributed by atoms with Crippen LogP contribution in [-0.2, 0) is 9.59 Å². The van der Waals surface area contributed by atoms with Gasteiger partial charge in [-0.05, 0) is 44.0 Å². The molecule has 0 radical (unpaired) electrons. The molecule has 1 fully saturated rings. The Labute approximate surface area is 158 Å². The fourth-order valence-electron chi connectivity index (χ4n) is 3.08. The van der Waals surface area contributed by atoms with E-state index >= 15 is 0 Å². The normalized spacial score (nSPS) is 17.8. The van der Waals surface area contributed by atoms with E-state index in [-0.39, 0.29) is 23.7 Å². The molecule has 0 saturated heterocycles. The maximum atomic E-state index is 12.5. The van der Waals surface area contributed by atoms with Crippen molar-refractivity contribution in [2.24, 2.45) is 11.8 Å². The molecule has 0 heterocycles. The minimum Gasteiger partial charge on any atom is -0.497 e. The van der Waals surface area contributed by atoms with Gasteiger partial charge in [0.25, 0.3) is 0 Å². The van der Waals surface area contributed by atoms with Gasteiger partial charge in [0.15, 0.2) is 0 Å². The highest BCUT2D eigenvalue weighted by molar-refractivity contribution is 6.04. The number of amides is 2. The summed E-state index contributed by atoms with van der Waals surface area (Å²) in [5, 5.41) is 5.77. The van der Waals surface area contributed by atoms with E-state index in [0.717, 1.165) is 16.8 Å². The molecule has 0 aliphatic heterocycles. The second-order valence-electron chi connectivity index (χ2n) is 6.81. The van der Waals surface area contributed by atoms with E-state index in [9.17, 15) is 9.59 Å². The number of benzene rings is 2. The summed E-state index contributed by atoms with van der Waals surface area (Å²) < 4.78 is 10.4. The Kier molecular flexibility index (Phi) is 5.35. The first kappa shape index (κ1) is 18.8. The van der Waals surface area contributed by atoms with E-state index in [0.29, 0.717) is 23.6 Å². The molecule has 2 N–H and O–H groups in total. The number of anilines is 2. The summed E-state index contributed by atoms with van der Waals surface area (Å²) in [6.45, 7) is 3.96. The monoisotopic (exact) mass is 368 g/mol. The maximum Gasteiger partial charge on any atom is 0.228 e. The summed E-state index contributed by atoms with van der Waals surface area (Å²) in [5.74, 6) is 0.210. The van der Waals surface area contributed by atoms with Crippen molar-refractivity contribution in [1.29, 1.82) is 0 Å². The predicted octanol–water partition coefficient (Wildman–Crippen LogP) is 3.53. The van der Waals surface area contributed by atoms with Crippen molar-refractivity contribution in [3.8, 4) is 11.5 Å². The van der Waals surface area contributed by atoms with Crippen LogP contribution in [0.2, 0.25) is 0 Å². The molecule has 6 heteroatoms. The Hall–Kier alpha value is -3.02. The van der Waals surface area contributed by atoms with Gasteiger partial charge in [0.1, 0.15) is 11.5 Å². The Morgan fingerprint density at radius 1 is 0.889 bits per heavy atom. The summed E-state index contributed by atoms with van der Waals surface area (Å²) in [6, 6.07) is 11.0. The van der Waals surface area contributed by atoms with Gasteiger partial charge in [-0.3, -0.25) is 9.59 Å². The molecular formula is C21H24N2O4. The number of ether oxygens (including phenoxy) is 2. The van der Waals surface area contributed by atoms with Crippen LogP contribution in [0.25, 0.3) is 0 Å². The van der Waals surface area contributed by atoms with Gasteiger partial charge in [-0.2, -0.15) is 0 Å². The van der Waals surface area contributed by atoms with E-state index in [1.165, 1.54) is 7.11 Å². The van der Waals surface area contributed by atoms with Crippen LogP contribution in [0.4, 0.5) is 11.4 Å². The average molecular weight is 368 g/mol. The highest BCUT2D eigenvalue weighted by atomic mass is 16.5. The van der Waals surface area contributed by atoms with Crippen molar-refractivity contribution in [2.75, 3.05) is 24.9 Å². The number of carbonyl (C=O) groups is 2. The minimum atomic E-state index is -0.331. The van der Waals surface area contributed by atoms with Crippen molar-refractivity contribution >= 4 is 23.2 Å². The lowest BCUT2D eigenvalue weighted by atomic mass is 10.1. The second kappa shape index (κ2) is 7.70. The van der Waals surface area contributed by atoms with Crippen molar-refractivity contribution in [2.45, 2.75) is 20.3 Å². The Bertz CT molecular complexity index is 878. The molecule has 2 aromatic rings. The largest absolute Gasteiger partial charge is 0.497 e. The van der Waals surface area contributed by atoms with E-state index in [2.05, 4.69) is 10.6 Å². The predicted molar refractivity (Wildman–Crippen MR) is 104 cm³/mol. The number of nitrogens with one attached hydrogen (secondary N) is 2. The average Bonchev–Trinajstić information content (AvgIpc) is 3.45. The first-order valence-corrected chi connectivity index (χ1v) is 8.84. The van der Waals surface area contributed by atoms with Crippen LogP contribution in [0, 0.1) is 25.7 Å². The molecule has 2 amide bonds. The van der Waals surface area contributed by atoms with Crippen LogP contribution < -0.4 is 20.1 Å². The van der Waals surface area contributed by atoms with Crippen LogP contribution in [0.5, 0.6) is 11.5 Å². The highest BCUT2D eigenvalue weighted by Gasteiger charge is 2.48. The minimum absolute atomic E-state index is 0.121. The molecule has 1 aliphatic carbocycles. The van der Waals surface area contributed by atoms with Gasteiger partial charge in [0, 0.05) is 11.8 Å². The first-order chi connectivity index (χ1) is 12.9. The van der Waals surface area contributed by atoms with Crippen LogP contribution in [0.1, 0.15) is 17.5 Å². The van der Waals surface area contributed by atoms with Gasteiger partial charge < -0.3 is 20.1 Å². The van der Waals surface area contributed by atoms with Crippen LogP contribution >= 0.6 is 0 Å². The van der Waals surface area contributed by atoms with E-state index < -0.39 is 0 Å². The summed E-state index contributed by atoms with van der Waals surface area (Å²) in [6.07, 6.45) is 0.543. The van der Waals surface area contributed by atoms with E-state index in [1.807, 2.05) is 32.0 Å². The third-order valence-electron chi connectivity index (χ3n) is 4.77. The van der Waals surface area contributed by atoms with Crippen LogP contribution in [0.3, 0.4) is 0 Å². The summed E-state index contributed by atoms with van der Waals surface area (Å²) in [7, 11) is 3.10. The lowest BCUT2D eigenvalue weighted by molar-refractivity contribution is -0.122.